The van der Waals surface area contributed by atoms with Gasteiger partial charge in [-0.05, 0) is 31.4 Å². The Bertz CT molecular complexity index is 880. The molecule has 0 saturated carbocycles. The largest absolute Gasteiger partial charge is 0.385 e. The zero-order valence-corrected chi connectivity index (χ0v) is 18.7. The van der Waals surface area contributed by atoms with Crippen LogP contribution in [-0.4, -0.2) is 45.7 Å². The average molecular weight is 436 g/mol. The Hall–Kier alpha value is -2.08. The number of nitrogens with zero attached hydrogens (tertiary/aromatic N) is 4. The van der Waals surface area contributed by atoms with Crippen molar-refractivity contribution in [2.24, 2.45) is 5.92 Å². The summed E-state index contributed by atoms with van der Waals surface area (Å²) in [7, 11) is 1.65. The number of hydrogen-bond donors (Lipinski definition) is 1. The first kappa shape index (κ1) is 23.2. The Labute approximate surface area is 180 Å². The fourth-order valence-corrected chi connectivity index (χ4v) is 3.55. The molecule has 156 valence electrons. The molecule has 7 nitrogen and oxygen atoms in total. The Kier molecular flexibility index (Phi) is 8.50. The number of carbonyl (C=O) groups is 1. The highest BCUT2D eigenvalue weighted by Crippen LogP contribution is 2.29. The summed E-state index contributed by atoms with van der Waals surface area (Å²) in [5.41, 5.74) is -0.126. The molecule has 0 aliphatic heterocycles. The van der Waals surface area contributed by atoms with Gasteiger partial charge in [-0.1, -0.05) is 49.3 Å². The summed E-state index contributed by atoms with van der Waals surface area (Å²) in [6, 6.07) is 9.63. The third-order valence-electron chi connectivity index (χ3n) is 4.68. The molecule has 2 aromatic rings. The summed E-state index contributed by atoms with van der Waals surface area (Å²) in [6.45, 7) is 6.76. The minimum atomic E-state index is -0.910. The number of nitrogens with one attached hydrogen (secondary N) is 1. The van der Waals surface area contributed by atoms with Crippen LogP contribution in [0.25, 0.3) is 11.4 Å². The Morgan fingerprint density at radius 3 is 2.76 bits per heavy atom. The van der Waals surface area contributed by atoms with Crippen molar-refractivity contribution in [1.82, 2.24) is 20.1 Å². The van der Waals surface area contributed by atoms with Crippen molar-refractivity contribution in [2.75, 3.05) is 19.5 Å². The first-order valence-electron chi connectivity index (χ1n) is 9.34. The van der Waals surface area contributed by atoms with Crippen LogP contribution in [0.5, 0.6) is 0 Å². The van der Waals surface area contributed by atoms with Crippen LogP contribution >= 0.6 is 23.4 Å². The molecule has 0 aliphatic carbocycles. The van der Waals surface area contributed by atoms with Crippen LogP contribution in [0.1, 0.15) is 27.2 Å². The van der Waals surface area contributed by atoms with Crippen molar-refractivity contribution in [3.05, 3.63) is 29.3 Å². The minimum Gasteiger partial charge on any atom is -0.385 e. The SMILES string of the molecule is COCCCn1c(SCC(=O)NC(C)(C#N)C(C)C)nnc1-c1ccccc1Cl. The van der Waals surface area contributed by atoms with E-state index in [4.69, 9.17) is 16.3 Å². The average Bonchev–Trinajstić information content (AvgIpc) is 3.09. The lowest BCUT2D eigenvalue weighted by atomic mass is 9.90. The van der Waals surface area contributed by atoms with E-state index >= 15 is 0 Å². The van der Waals surface area contributed by atoms with Gasteiger partial charge in [0.25, 0.3) is 0 Å². The number of thioether (sulfide) groups is 1. The number of benzene rings is 1. The van der Waals surface area contributed by atoms with E-state index in [9.17, 15) is 10.1 Å². The molecule has 9 heteroatoms. The second kappa shape index (κ2) is 10.6. The van der Waals surface area contributed by atoms with Crippen LogP contribution < -0.4 is 5.32 Å². The van der Waals surface area contributed by atoms with E-state index < -0.39 is 5.54 Å². The lowest BCUT2D eigenvalue weighted by molar-refractivity contribution is -0.120. The minimum absolute atomic E-state index is 0.00836. The number of methoxy groups -OCH3 is 1. The molecule has 0 spiro atoms. The molecule has 0 saturated heterocycles. The predicted octanol–water partition coefficient (Wildman–Crippen LogP) is 3.78. The van der Waals surface area contributed by atoms with Crippen LogP contribution in [-0.2, 0) is 16.1 Å². The molecule has 29 heavy (non-hydrogen) atoms. The van der Waals surface area contributed by atoms with Gasteiger partial charge in [0, 0.05) is 25.8 Å². The number of nitriles is 1. The predicted molar refractivity (Wildman–Crippen MR) is 115 cm³/mol. The van der Waals surface area contributed by atoms with E-state index in [0.717, 1.165) is 12.0 Å². The zero-order chi connectivity index (χ0) is 21.4. The molecule has 1 N–H and O–H groups in total. The third kappa shape index (κ3) is 5.95. The second-order valence-corrected chi connectivity index (χ2v) is 8.44. The Morgan fingerprint density at radius 2 is 2.14 bits per heavy atom. The van der Waals surface area contributed by atoms with Gasteiger partial charge >= 0.3 is 0 Å². The molecule has 0 radical (unpaired) electrons. The van der Waals surface area contributed by atoms with E-state index in [0.29, 0.717) is 29.2 Å². The number of carbonyl (C=O) groups excluding carboxylic acids is 1. The second-order valence-electron chi connectivity index (χ2n) is 7.09. The van der Waals surface area contributed by atoms with Crippen molar-refractivity contribution in [2.45, 2.75) is 44.4 Å². The molecule has 1 aromatic heterocycles. The number of amides is 1. The maximum absolute atomic E-state index is 12.4. The molecular formula is C20H26ClN5O2S. The smallest absolute Gasteiger partial charge is 0.231 e. The van der Waals surface area contributed by atoms with Gasteiger partial charge in [0.2, 0.25) is 5.91 Å². The molecule has 1 heterocycles. The van der Waals surface area contributed by atoms with E-state index in [2.05, 4.69) is 21.6 Å². The number of halogens is 1. The summed E-state index contributed by atoms with van der Waals surface area (Å²) in [5, 5.41) is 22.0. The molecule has 2 rings (SSSR count). The lowest BCUT2D eigenvalue weighted by Gasteiger charge is -2.27. The third-order valence-corrected chi connectivity index (χ3v) is 5.98. The highest BCUT2D eigenvalue weighted by molar-refractivity contribution is 7.99. The first-order valence-corrected chi connectivity index (χ1v) is 10.7. The number of rotatable bonds is 10. The van der Waals surface area contributed by atoms with Gasteiger partial charge < -0.3 is 14.6 Å². The van der Waals surface area contributed by atoms with Gasteiger partial charge in [-0.2, -0.15) is 5.26 Å². The van der Waals surface area contributed by atoms with Crippen molar-refractivity contribution in [3.63, 3.8) is 0 Å². The lowest BCUT2D eigenvalue weighted by Crippen LogP contribution is -2.49. The Balaban J connectivity index is 2.19. The summed E-state index contributed by atoms with van der Waals surface area (Å²) < 4.78 is 7.10. The van der Waals surface area contributed by atoms with Crippen LogP contribution in [0.2, 0.25) is 5.02 Å². The van der Waals surface area contributed by atoms with Gasteiger partial charge in [-0.3, -0.25) is 4.79 Å². The van der Waals surface area contributed by atoms with Crippen molar-refractivity contribution in [3.8, 4) is 17.5 Å². The molecule has 1 amide bonds. The van der Waals surface area contributed by atoms with Gasteiger partial charge in [0.05, 0.1) is 16.8 Å². The number of ether oxygens (including phenoxy) is 1. The van der Waals surface area contributed by atoms with Gasteiger partial charge in [0.1, 0.15) is 5.54 Å². The maximum Gasteiger partial charge on any atom is 0.231 e. The van der Waals surface area contributed by atoms with Gasteiger partial charge in [-0.25, -0.2) is 0 Å². The molecule has 1 aromatic carbocycles. The van der Waals surface area contributed by atoms with Gasteiger partial charge in [0.15, 0.2) is 11.0 Å². The standard InChI is InChI=1S/C20H26ClN5O2S/c1-14(2)20(3,13-22)23-17(27)12-29-19-25-24-18(26(19)10-7-11-28-4)15-8-5-6-9-16(15)21/h5-6,8-9,14H,7,10-12H2,1-4H3,(H,23,27). The summed E-state index contributed by atoms with van der Waals surface area (Å²) in [6.07, 6.45) is 0.769. The van der Waals surface area contributed by atoms with Crippen LogP contribution in [0.4, 0.5) is 0 Å². The van der Waals surface area contributed by atoms with Crippen molar-refractivity contribution >= 4 is 29.3 Å². The van der Waals surface area contributed by atoms with Crippen LogP contribution in [0.15, 0.2) is 29.4 Å². The monoisotopic (exact) mass is 435 g/mol. The topological polar surface area (TPSA) is 92.8 Å². The number of hydrogen-bond acceptors (Lipinski definition) is 6. The van der Waals surface area contributed by atoms with Crippen LogP contribution in [0, 0.1) is 17.2 Å². The number of aromatic nitrogens is 3. The van der Waals surface area contributed by atoms with E-state index in [-0.39, 0.29) is 17.6 Å². The molecular weight excluding hydrogens is 410 g/mol. The van der Waals surface area contributed by atoms with E-state index in [1.54, 1.807) is 20.1 Å². The Morgan fingerprint density at radius 1 is 1.41 bits per heavy atom. The first-order chi connectivity index (χ1) is 13.8. The van der Waals surface area contributed by atoms with Crippen molar-refractivity contribution < 1.29 is 9.53 Å². The summed E-state index contributed by atoms with van der Waals surface area (Å²) in [5.74, 6) is 0.553. The highest BCUT2D eigenvalue weighted by atomic mass is 35.5. The quantitative estimate of drug-likeness (QED) is 0.451. The molecule has 0 fully saturated rings. The van der Waals surface area contributed by atoms with E-state index in [1.807, 2.05) is 36.6 Å². The molecule has 0 bridgehead atoms. The van der Waals surface area contributed by atoms with Crippen LogP contribution in [0.3, 0.4) is 0 Å². The molecule has 1 atom stereocenters. The van der Waals surface area contributed by atoms with Gasteiger partial charge in [-0.15, -0.1) is 10.2 Å². The van der Waals surface area contributed by atoms with Crippen molar-refractivity contribution in [1.29, 1.82) is 5.26 Å². The zero-order valence-electron chi connectivity index (χ0n) is 17.1. The highest BCUT2D eigenvalue weighted by Gasteiger charge is 2.30. The summed E-state index contributed by atoms with van der Waals surface area (Å²) in [4.78, 5) is 12.4. The maximum atomic E-state index is 12.4. The molecule has 1 unspecified atom stereocenters. The molecule has 0 aliphatic rings. The fraction of sp³-hybridized carbons (Fsp3) is 0.500. The fourth-order valence-electron chi connectivity index (χ4n) is 2.56. The normalized spacial score (nSPS) is 13.1. The summed E-state index contributed by atoms with van der Waals surface area (Å²) >= 11 is 7.62. The van der Waals surface area contributed by atoms with E-state index in [1.165, 1.54) is 11.8 Å².